The van der Waals surface area contributed by atoms with Gasteiger partial charge < -0.3 is 4.74 Å². The summed E-state index contributed by atoms with van der Waals surface area (Å²) in [5.74, 6) is -4.34. The summed E-state index contributed by atoms with van der Waals surface area (Å²) in [4.78, 5) is 11.9. The molecule has 0 aliphatic rings. The largest absolute Gasteiger partial charge is 0.465 e. The zero-order valence-corrected chi connectivity index (χ0v) is 15.1. The van der Waals surface area contributed by atoms with Crippen molar-refractivity contribution in [2.45, 2.75) is 82.6 Å². The highest BCUT2D eigenvalue weighted by Crippen LogP contribution is 2.39. The van der Waals surface area contributed by atoms with Crippen LogP contribution in [0.5, 0.6) is 0 Å². The molecule has 0 aromatic carbocycles. The molecule has 0 aliphatic carbocycles. The minimum Gasteiger partial charge on any atom is -0.465 e. The number of rotatable bonds is 13. The van der Waals surface area contributed by atoms with Crippen molar-refractivity contribution in [3.8, 4) is 0 Å². The molecular formula is C16H27F5O2S. The molecular weight excluding hydrogens is 351 g/mol. The Kier molecular flexibility index (Phi) is 11.7. The van der Waals surface area contributed by atoms with E-state index in [1.54, 1.807) is 0 Å². The third-order valence-corrected chi connectivity index (χ3v) is 4.78. The average Bonchev–Trinajstić information content (AvgIpc) is 2.48. The predicted molar refractivity (Wildman–Crippen MR) is 86.5 cm³/mol. The average molecular weight is 378 g/mol. The van der Waals surface area contributed by atoms with E-state index in [0.29, 0.717) is 25.2 Å². The Morgan fingerprint density at radius 3 is 2.21 bits per heavy atom. The molecule has 8 heteroatoms. The van der Waals surface area contributed by atoms with Crippen molar-refractivity contribution in [3.05, 3.63) is 0 Å². The first-order chi connectivity index (χ1) is 11.2. The normalized spacial score (nSPS) is 13.8. The summed E-state index contributed by atoms with van der Waals surface area (Å²) in [6, 6.07) is 0. The van der Waals surface area contributed by atoms with Crippen molar-refractivity contribution in [2.75, 3.05) is 12.4 Å². The van der Waals surface area contributed by atoms with Gasteiger partial charge in [-0.3, -0.25) is 4.79 Å². The topological polar surface area (TPSA) is 26.3 Å². The first kappa shape index (κ1) is 23.5. The number of unbranched alkanes of at least 4 members (excludes halogenated alkanes) is 3. The standard InChI is InChI=1S/C16H27F5O2S/c1-3-5-11-23-14(22)13(9-4-2)24-12-8-6-7-10-15(17,18)16(19,20)21/h13H,3-12H2,1-2H3. The quantitative estimate of drug-likeness (QED) is 0.224. The molecule has 144 valence electrons. The fourth-order valence-corrected chi connectivity index (χ4v) is 3.20. The Bertz CT molecular complexity index is 348. The Hall–Kier alpha value is -0.530. The van der Waals surface area contributed by atoms with Gasteiger partial charge in [-0.05, 0) is 31.4 Å². The SMILES string of the molecule is CCCCOC(=O)C(CCC)SCCCCCC(F)(F)C(F)(F)F. The van der Waals surface area contributed by atoms with Gasteiger partial charge in [0, 0.05) is 6.42 Å². The molecule has 24 heavy (non-hydrogen) atoms. The number of halogens is 5. The van der Waals surface area contributed by atoms with Crippen molar-refractivity contribution in [2.24, 2.45) is 0 Å². The summed E-state index contributed by atoms with van der Waals surface area (Å²) in [7, 11) is 0. The van der Waals surface area contributed by atoms with Crippen molar-refractivity contribution in [3.63, 3.8) is 0 Å². The van der Waals surface area contributed by atoms with Crippen molar-refractivity contribution >= 4 is 17.7 Å². The summed E-state index contributed by atoms with van der Waals surface area (Å²) in [5, 5.41) is -0.288. The Morgan fingerprint density at radius 1 is 1.00 bits per heavy atom. The minimum atomic E-state index is -5.48. The molecule has 0 bridgehead atoms. The minimum absolute atomic E-state index is 0.188. The van der Waals surface area contributed by atoms with E-state index >= 15 is 0 Å². The number of thioether (sulfide) groups is 1. The van der Waals surface area contributed by atoms with E-state index in [2.05, 4.69) is 0 Å². The molecule has 0 aliphatic heterocycles. The van der Waals surface area contributed by atoms with Crippen LogP contribution in [0.15, 0.2) is 0 Å². The van der Waals surface area contributed by atoms with Crippen LogP contribution in [0.2, 0.25) is 0 Å². The monoisotopic (exact) mass is 378 g/mol. The molecule has 0 aromatic rings. The van der Waals surface area contributed by atoms with E-state index in [4.69, 9.17) is 4.74 Å². The van der Waals surface area contributed by atoms with Crippen LogP contribution in [0, 0.1) is 0 Å². The Labute approximate surface area is 144 Å². The second-order valence-electron chi connectivity index (χ2n) is 5.68. The maximum absolute atomic E-state index is 12.7. The van der Waals surface area contributed by atoms with E-state index in [1.165, 1.54) is 11.8 Å². The summed E-state index contributed by atoms with van der Waals surface area (Å²) < 4.78 is 66.7. The maximum Gasteiger partial charge on any atom is 0.453 e. The van der Waals surface area contributed by atoms with E-state index in [0.717, 1.165) is 19.3 Å². The van der Waals surface area contributed by atoms with Gasteiger partial charge in [-0.1, -0.05) is 33.1 Å². The molecule has 0 aromatic heterocycles. The lowest BCUT2D eigenvalue weighted by Crippen LogP contribution is -2.36. The summed E-state index contributed by atoms with van der Waals surface area (Å²) in [5.41, 5.74) is 0. The third kappa shape index (κ3) is 9.69. The van der Waals surface area contributed by atoms with E-state index < -0.39 is 18.5 Å². The first-order valence-corrected chi connectivity index (χ1v) is 9.43. The number of carbonyl (C=O) groups is 1. The number of carbonyl (C=O) groups excluding carboxylic acids is 1. The van der Waals surface area contributed by atoms with Crippen LogP contribution in [0.1, 0.15) is 65.2 Å². The Morgan fingerprint density at radius 2 is 1.67 bits per heavy atom. The zero-order chi connectivity index (χ0) is 18.6. The molecule has 0 saturated carbocycles. The molecule has 0 saturated heterocycles. The number of alkyl halides is 5. The fraction of sp³-hybridized carbons (Fsp3) is 0.938. The second-order valence-corrected chi connectivity index (χ2v) is 6.99. The first-order valence-electron chi connectivity index (χ1n) is 8.38. The van der Waals surface area contributed by atoms with Crippen molar-refractivity contribution in [1.82, 2.24) is 0 Å². The van der Waals surface area contributed by atoms with E-state index in [9.17, 15) is 26.7 Å². The smallest absolute Gasteiger partial charge is 0.453 e. The highest BCUT2D eigenvalue weighted by Gasteiger charge is 2.56. The van der Waals surface area contributed by atoms with Gasteiger partial charge in [0.2, 0.25) is 0 Å². The van der Waals surface area contributed by atoms with E-state index in [-0.39, 0.29) is 24.1 Å². The highest BCUT2D eigenvalue weighted by molar-refractivity contribution is 8.00. The fourth-order valence-electron chi connectivity index (χ4n) is 1.93. The zero-order valence-electron chi connectivity index (χ0n) is 14.3. The van der Waals surface area contributed by atoms with Crippen LogP contribution in [0.25, 0.3) is 0 Å². The van der Waals surface area contributed by atoms with Gasteiger partial charge in [-0.25, -0.2) is 0 Å². The molecule has 0 spiro atoms. The molecule has 0 amide bonds. The number of ether oxygens (including phenoxy) is 1. The van der Waals surface area contributed by atoms with Crippen LogP contribution < -0.4 is 0 Å². The lowest BCUT2D eigenvalue weighted by atomic mass is 10.1. The van der Waals surface area contributed by atoms with Gasteiger partial charge in [-0.2, -0.15) is 22.0 Å². The van der Waals surface area contributed by atoms with Crippen LogP contribution in [0.4, 0.5) is 22.0 Å². The van der Waals surface area contributed by atoms with Gasteiger partial charge in [0.15, 0.2) is 0 Å². The van der Waals surface area contributed by atoms with Gasteiger partial charge >= 0.3 is 18.1 Å². The van der Waals surface area contributed by atoms with Gasteiger partial charge in [0.25, 0.3) is 0 Å². The lowest BCUT2D eigenvalue weighted by Gasteiger charge is -2.19. The molecule has 2 nitrogen and oxygen atoms in total. The Balaban J connectivity index is 3.98. The summed E-state index contributed by atoms with van der Waals surface area (Å²) in [6.45, 7) is 4.34. The maximum atomic E-state index is 12.7. The van der Waals surface area contributed by atoms with Gasteiger partial charge in [0.1, 0.15) is 5.25 Å². The summed E-state index contributed by atoms with van der Waals surface area (Å²) in [6.07, 6.45) is -2.84. The summed E-state index contributed by atoms with van der Waals surface area (Å²) >= 11 is 1.39. The third-order valence-electron chi connectivity index (χ3n) is 3.42. The van der Waals surface area contributed by atoms with Crippen LogP contribution in [-0.2, 0) is 9.53 Å². The molecule has 0 N–H and O–H groups in total. The number of hydrogen-bond donors (Lipinski definition) is 0. The lowest BCUT2D eigenvalue weighted by molar-refractivity contribution is -0.284. The molecule has 1 unspecified atom stereocenters. The van der Waals surface area contributed by atoms with Crippen LogP contribution in [-0.4, -0.2) is 35.7 Å². The number of hydrogen-bond acceptors (Lipinski definition) is 3. The highest BCUT2D eigenvalue weighted by atomic mass is 32.2. The molecule has 0 radical (unpaired) electrons. The van der Waals surface area contributed by atoms with E-state index in [1.807, 2.05) is 13.8 Å². The molecule has 0 fully saturated rings. The predicted octanol–water partition coefficient (Wildman–Crippen LogP) is 5.99. The molecule has 1 atom stereocenters. The molecule has 0 heterocycles. The van der Waals surface area contributed by atoms with Crippen molar-refractivity contribution in [1.29, 1.82) is 0 Å². The molecule has 0 rings (SSSR count). The van der Waals surface area contributed by atoms with Gasteiger partial charge in [0.05, 0.1) is 6.61 Å². The van der Waals surface area contributed by atoms with Crippen LogP contribution >= 0.6 is 11.8 Å². The van der Waals surface area contributed by atoms with Crippen LogP contribution in [0.3, 0.4) is 0 Å². The van der Waals surface area contributed by atoms with Gasteiger partial charge in [-0.15, -0.1) is 11.8 Å². The van der Waals surface area contributed by atoms with Crippen molar-refractivity contribution < 1.29 is 31.5 Å². The second kappa shape index (κ2) is 11.9. The number of esters is 1.